The Hall–Kier alpha value is -2.03. The lowest BCUT2D eigenvalue weighted by Crippen LogP contribution is -1.91. The molecule has 2 heterocycles. The lowest BCUT2D eigenvalue weighted by Gasteiger charge is -2.05. The van der Waals surface area contributed by atoms with Gasteiger partial charge in [-0.3, -0.25) is 0 Å². The van der Waals surface area contributed by atoms with Crippen molar-refractivity contribution in [2.75, 3.05) is 11.9 Å². The highest BCUT2D eigenvalue weighted by Crippen LogP contribution is 2.34. The van der Waals surface area contributed by atoms with Crippen LogP contribution in [0.5, 0.6) is 0 Å². The second-order valence-corrected chi connectivity index (χ2v) is 4.24. The lowest BCUT2D eigenvalue weighted by atomic mass is 10.0. The molecule has 3 aromatic rings. The van der Waals surface area contributed by atoms with E-state index in [0.717, 1.165) is 24.0 Å². The molecule has 0 saturated carbocycles. The average molecular weight is 209 g/mol. The molecule has 0 unspecified atom stereocenters. The number of anilines is 1. The van der Waals surface area contributed by atoms with Crippen LogP contribution in [0.25, 0.3) is 21.8 Å². The van der Waals surface area contributed by atoms with Crippen LogP contribution in [0.3, 0.4) is 0 Å². The van der Waals surface area contributed by atoms with E-state index in [1.807, 2.05) is 0 Å². The summed E-state index contributed by atoms with van der Waals surface area (Å²) in [6, 6.07) is 8.67. The van der Waals surface area contributed by atoms with E-state index >= 15 is 0 Å². The maximum atomic E-state index is 4.39. The van der Waals surface area contributed by atoms with E-state index in [4.69, 9.17) is 0 Å². The second kappa shape index (κ2) is 2.76. The highest BCUT2D eigenvalue weighted by molar-refractivity contribution is 6.09. The summed E-state index contributed by atoms with van der Waals surface area (Å²) in [5.74, 6) is 0. The SMILES string of the molecule is c1nc2c(ccc3c4c(ccc32)CCN4)[nH]1. The van der Waals surface area contributed by atoms with E-state index in [0.29, 0.717) is 0 Å². The van der Waals surface area contributed by atoms with E-state index in [2.05, 4.69) is 39.6 Å². The summed E-state index contributed by atoms with van der Waals surface area (Å²) in [6.45, 7) is 1.05. The van der Waals surface area contributed by atoms with Crippen molar-refractivity contribution < 1.29 is 0 Å². The maximum absolute atomic E-state index is 4.39. The Kier molecular flexibility index (Phi) is 1.41. The van der Waals surface area contributed by atoms with Gasteiger partial charge in [0.1, 0.15) is 0 Å². The van der Waals surface area contributed by atoms with Gasteiger partial charge in [-0.05, 0) is 18.1 Å². The third-order valence-corrected chi connectivity index (χ3v) is 3.37. The van der Waals surface area contributed by atoms with Crippen LogP contribution >= 0.6 is 0 Å². The van der Waals surface area contributed by atoms with Gasteiger partial charge in [0.2, 0.25) is 0 Å². The second-order valence-electron chi connectivity index (χ2n) is 4.24. The fraction of sp³-hybridized carbons (Fsp3) is 0.154. The first-order valence-corrected chi connectivity index (χ1v) is 5.55. The van der Waals surface area contributed by atoms with Gasteiger partial charge in [0.25, 0.3) is 0 Å². The number of fused-ring (bicyclic) bond motifs is 5. The predicted octanol–water partition coefficient (Wildman–Crippen LogP) is 2.68. The molecule has 3 heteroatoms. The molecule has 0 saturated heterocycles. The fourth-order valence-corrected chi connectivity index (χ4v) is 2.60. The van der Waals surface area contributed by atoms with Gasteiger partial charge < -0.3 is 10.3 Å². The van der Waals surface area contributed by atoms with E-state index in [9.17, 15) is 0 Å². The number of aromatic amines is 1. The van der Waals surface area contributed by atoms with Gasteiger partial charge in [0.05, 0.1) is 17.4 Å². The summed E-state index contributed by atoms with van der Waals surface area (Å²) in [5.41, 5.74) is 4.88. The highest BCUT2D eigenvalue weighted by atomic mass is 14.9. The van der Waals surface area contributed by atoms with Crippen LogP contribution in [-0.4, -0.2) is 16.5 Å². The van der Waals surface area contributed by atoms with E-state index < -0.39 is 0 Å². The minimum atomic E-state index is 1.05. The predicted molar refractivity (Wildman–Crippen MR) is 65.8 cm³/mol. The molecule has 0 fully saturated rings. The number of rotatable bonds is 0. The topological polar surface area (TPSA) is 40.7 Å². The van der Waals surface area contributed by atoms with Crippen LogP contribution in [-0.2, 0) is 6.42 Å². The van der Waals surface area contributed by atoms with Crippen LogP contribution in [0, 0.1) is 0 Å². The minimum Gasteiger partial charge on any atom is -0.384 e. The minimum absolute atomic E-state index is 1.05. The zero-order valence-electron chi connectivity index (χ0n) is 8.75. The molecule has 1 aromatic heterocycles. The summed E-state index contributed by atoms with van der Waals surface area (Å²) < 4.78 is 0. The third-order valence-electron chi connectivity index (χ3n) is 3.37. The van der Waals surface area contributed by atoms with Crippen molar-refractivity contribution in [1.82, 2.24) is 9.97 Å². The molecule has 0 radical (unpaired) electrons. The molecule has 16 heavy (non-hydrogen) atoms. The number of benzene rings is 2. The number of hydrogen-bond donors (Lipinski definition) is 2. The normalized spacial score (nSPS) is 14.2. The Morgan fingerprint density at radius 2 is 2.00 bits per heavy atom. The molecule has 0 spiro atoms. The molecule has 0 bridgehead atoms. The average Bonchev–Trinajstić information content (AvgIpc) is 2.96. The molecule has 4 rings (SSSR count). The van der Waals surface area contributed by atoms with Crippen molar-refractivity contribution in [2.45, 2.75) is 6.42 Å². The van der Waals surface area contributed by atoms with Gasteiger partial charge in [-0.2, -0.15) is 0 Å². The van der Waals surface area contributed by atoms with Crippen molar-refractivity contribution >= 4 is 27.5 Å². The molecular weight excluding hydrogens is 198 g/mol. The molecule has 2 aromatic carbocycles. The van der Waals surface area contributed by atoms with Gasteiger partial charge >= 0.3 is 0 Å². The monoisotopic (exact) mass is 209 g/mol. The Labute approximate surface area is 92.5 Å². The Balaban J connectivity index is 2.24. The molecular formula is C13H11N3. The summed E-state index contributed by atoms with van der Waals surface area (Å²) >= 11 is 0. The molecule has 2 N–H and O–H groups in total. The van der Waals surface area contributed by atoms with Gasteiger partial charge in [-0.25, -0.2) is 4.98 Å². The van der Waals surface area contributed by atoms with E-state index in [-0.39, 0.29) is 0 Å². The van der Waals surface area contributed by atoms with Crippen molar-refractivity contribution in [3.05, 3.63) is 36.2 Å². The molecule has 1 aliphatic heterocycles. The zero-order chi connectivity index (χ0) is 10.5. The summed E-state index contributed by atoms with van der Waals surface area (Å²) in [6.07, 6.45) is 2.88. The van der Waals surface area contributed by atoms with Crippen molar-refractivity contribution in [2.24, 2.45) is 0 Å². The number of H-pyrrole nitrogens is 1. The third kappa shape index (κ3) is 0.902. The summed E-state index contributed by atoms with van der Waals surface area (Å²) in [4.78, 5) is 7.54. The smallest absolute Gasteiger partial charge is 0.0961 e. The van der Waals surface area contributed by atoms with Gasteiger partial charge in [0.15, 0.2) is 0 Å². The maximum Gasteiger partial charge on any atom is 0.0961 e. The van der Waals surface area contributed by atoms with Crippen LogP contribution < -0.4 is 5.32 Å². The number of hydrogen-bond acceptors (Lipinski definition) is 2. The van der Waals surface area contributed by atoms with E-state index in [1.165, 1.54) is 22.0 Å². The molecule has 0 amide bonds. The zero-order valence-corrected chi connectivity index (χ0v) is 8.75. The Bertz CT molecular complexity index is 697. The molecule has 1 aliphatic rings. The number of aromatic nitrogens is 2. The standard InChI is InChI=1S/C13H11N3/c1-2-10-9(12-8(1)5-6-14-12)3-4-11-13(10)16-7-15-11/h1-4,7,14H,5-6H2,(H,15,16). The first kappa shape index (κ1) is 8.16. The summed E-state index contributed by atoms with van der Waals surface area (Å²) in [7, 11) is 0. The Morgan fingerprint density at radius 1 is 1.06 bits per heavy atom. The Morgan fingerprint density at radius 3 is 3.00 bits per heavy atom. The quantitative estimate of drug-likeness (QED) is 0.597. The van der Waals surface area contributed by atoms with Crippen molar-refractivity contribution in [3.8, 4) is 0 Å². The molecule has 78 valence electrons. The fourth-order valence-electron chi connectivity index (χ4n) is 2.60. The van der Waals surface area contributed by atoms with Gasteiger partial charge in [0, 0.05) is 23.0 Å². The van der Waals surface area contributed by atoms with E-state index in [1.54, 1.807) is 6.33 Å². The van der Waals surface area contributed by atoms with Gasteiger partial charge in [-0.1, -0.05) is 18.2 Å². The van der Waals surface area contributed by atoms with Crippen LogP contribution in [0.2, 0.25) is 0 Å². The number of nitrogens with one attached hydrogen (secondary N) is 2. The molecule has 0 atom stereocenters. The number of imidazole rings is 1. The van der Waals surface area contributed by atoms with Crippen LogP contribution in [0.4, 0.5) is 5.69 Å². The van der Waals surface area contributed by atoms with Gasteiger partial charge in [-0.15, -0.1) is 0 Å². The molecule has 3 nitrogen and oxygen atoms in total. The first-order valence-electron chi connectivity index (χ1n) is 5.55. The lowest BCUT2D eigenvalue weighted by molar-refractivity contribution is 1.11. The summed E-state index contributed by atoms with van der Waals surface area (Å²) in [5, 5.41) is 5.98. The highest BCUT2D eigenvalue weighted by Gasteiger charge is 2.14. The largest absolute Gasteiger partial charge is 0.384 e. The number of nitrogens with zero attached hydrogens (tertiary/aromatic N) is 1. The van der Waals surface area contributed by atoms with Crippen molar-refractivity contribution in [3.63, 3.8) is 0 Å². The van der Waals surface area contributed by atoms with Crippen LogP contribution in [0.1, 0.15) is 5.56 Å². The first-order chi connectivity index (χ1) is 7.93. The molecule has 0 aliphatic carbocycles. The van der Waals surface area contributed by atoms with Crippen LogP contribution in [0.15, 0.2) is 30.6 Å². The van der Waals surface area contributed by atoms with Crippen molar-refractivity contribution in [1.29, 1.82) is 0 Å².